The predicted octanol–water partition coefficient (Wildman–Crippen LogP) is 20.6. The molecule has 24 heteroatoms. The van der Waals surface area contributed by atoms with Crippen molar-refractivity contribution in [3.05, 3.63) is 0 Å². The standard InChI is InChI=1S/C91H171N2O21P/c1-8-14-20-26-32-38-44-50-56-62-73(108-80(97)65-59-53-47-41-35-29-23-17-11-4)68-78(95)92-84-87(102)86(101)77(112-90(84)106-7)72-107-91-85(93-79(96)69-74(63-57-51-45-39-33-27-21-15-9-2)109-81(98)66-60-54-48-42-36-30-24-18-12-5)89(88(76(71-94)111-91)114-115(103,104)105)113-83(100)70-75(64-58-52-46-40-34-28-22-16-10-3)110-82(99)67-61-55-49-43-37-31-25-19-13-6/h73-77,84-91,94,101-102H,8-72H2,1-7H3,(H,92,95)(H,93,96)(H2,103,104,105)/t73-,74-,75-,76-,77-,84-,85-,86-,87-,88-,89-,90+,91-/m1/s1. The molecule has 0 aliphatic carbocycles. The summed E-state index contributed by atoms with van der Waals surface area (Å²) in [5.74, 6) is -3.68. The van der Waals surface area contributed by atoms with E-state index in [2.05, 4.69) is 52.2 Å². The molecule has 0 unspecified atom stereocenters. The number of hydrogen-bond acceptors (Lipinski definition) is 19. The number of aliphatic hydroxyl groups is 3. The predicted molar refractivity (Wildman–Crippen MR) is 455 cm³/mol. The van der Waals surface area contributed by atoms with Gasteiger partial charge in [0.25, 0.3) is 0 Å². The van der Waals surface area contributed by atoms with Crippen molar-refractivity contribution in [1.29, 1.82) is 0 Å². The van der Waals surface area contributed by atoms with Crippen LogP contribution in [-0.2, 0) is 75.8 Å². The maximum atomic E-state index is 15.0. The summed E-state index contributed by atoms with van der Waals surface area (Å²) in [6, 6.07) is -3.10. The Labute approximate surface area is 697 Å². The van der Waals surface area contributed by atoms with E-state index >= 15 is 0 Å². The van der Waals surface area contributed by atoms with Gasteiger partial charge < -0.3 is 73.6 Å². The third-order valence-electron chi connectivity index (χ3n) is 22.8. The number of carbonyl (C=O) groups is 6. The van der Waals surface area contributed by atoms with Crippen LogP contribution >= 0.6 is 7.82 Å². The fourth-order valence-corrected chi connectivity index (χ4v) is 16.4. The van der Waals surface area contributed by atoms with Crippen LogP contribution in [0.3, 0.4) is 0 Å². The molecule has 0 aromatic heterocycles. The van der Waals surface area contributed by atoms with Crippen molar-refractivity contribution in [3.63, 3.8) is 0 Å². The Morgan fingerprint density at radius 2 is 0.643 bits per heavy atom. The highest BCUT2D eigenvalue weighted by Gasteiger charge is 2.54. The molecular weight excluding hydrogens is 1490 g/mol. The second-order valence-electron chi connectivity index (χ2n) is 33.6. The number of methoxy groups -OCH3 is 1. The van der Waals surface area contributed by atoms with Gasteiger partial charge in [0.15, 0.2) is 18.7 Å². The Bertz CT molecular complexity index is 2420. The van der Waals surface area contributed by atoms with Gasteiger partial charge in [0.1, 0.15) is 60.9 Å². The minimum Gasteiger partial charge on any atom is -0.462 e. The third kappa shape index (κ3) is 56.1. The number of unbranched alkanes of at least 4 members (excludes halogenated alkanes) is 48. The highest BCUT2D eigenvalue weighted by atomic mass is 31.2. The van der Waals surface area contributed by atoms with E-state index in [9.17, 15) is 58.4 Å². The number of ether oxygens (including phenoxy) is 8. The van der Waals surface area contributed by atoms with Crippen LogP contribution in [0.25, 0.3) is 0 Å². The molecule has 2 saturated heterocycles. The summed E-state index contributed by atoms with van der Waals surface area (Å²) in [6.45, 7) is 11.5. The van der Waals surface area contributed by atoms with Crippen molar-refractivity contribution >= 4 is 43.5 Å². The number of phosphoric ester groups is 1. The second kappa shape index (κ2) is 72.3. The van der Waals surface area contributed by atoms with Crippen LogP contribution in [0.5, 0.6) is 0 Å². The molecule has 0 aromatic rings. The lowest BCUT2D eigenvalue weighted by Crippen LogP contribution is -2.67. The Morgan fingerprint density at radius 1 is 0.357 bits per heavy atom. The number of phosphoric acid groups is 1. The number of rotatable bonds is 79. The number of amides is 2. The minimum atomic E-state index is -5.57. The van der Waals surface area contributed by atoms with Crippen molar-refractivity contribution in [3.8, 4) is 0 Å². The highest BCUT2D eigenvalue weighted by molar-refractivity contribution is 7.46. The monoisotopic (exact) mass is 1660 g/mol. The van der Waals surface area contributed by atoms with Crippen LogP contribution in [0.15, 0.2) is 0 Å². The lowest BCUT2D eigenvalue weighted by Gasteiger charge is -2.46. The van der Waals surface area contributed by atoms with Gasteiger partial charge in [-0.25, -0.2) is 4.57 Å². The Morgan fingerprint density at radius 3 is 0.948 bits per heavy atom. The van der Waals surface area contributed by atoms with Gasteiger partial charge in [0.05, 0.1) is 32.5 Å². The number of carbonyl (C=O) groups excluding carboxylic acids is 6. The van der Waals surface area contributed by atoms with E-state index in [0.717, 1.165) is 180 Å². The van der Waals surface area contributed by atoms with Gasteiger partial charge in [0.2, 0.25) is 11.8 Å². The van der Waals surface area contributed by atoms with E-state index in [-0.39, 0.29) is 31.7 Å². The quantitative estimate of drug-likeness (QED) is 0.0129. The molecule has 0 spiro atoms. The summed E-state index contributed by atoms with van der Waals surface area (Å²) in [6.07, 6.45) is 40.4. The first kappa shape index (κ1) is 108. The van der Waals surface area contributed by atoms with Crippen molar-refractivity contribution in [2.75, 3.05) is 20.3 Å². The average Bonchev–Trinajstić information content (AvgIpc) is 0.779. The molecular formula is C91H171N2O21P. The van der Waals surface area contributed by atoms with Crippen LogP contribution in [-0.4, -0.2) is 161 Å². The summed E-state index contributed by atoms with van der Waals surface area (Å²) in [5, 5.41) is 40.6. The van der Waals surface area contributed by atoms with Crippen molar-refractivity contribution in [2.45, 2.75) is 526 Å². The maximum absolute atomic E-state index is 15.0. The first-order valence-electron chi connectivity index (χ1n) is 47.3. The molecule has 676 valence electrons. The van der Waals surface area contributed by atoms with Crippen LogP contribution in [0, 0.1) is 0 Å². The summed E-state index contributed by atoms with van der Waals surface area (Å²) in [7, 11) is -4.28. The molecule has 0 saturated carbocycles. The van der Waals surface area contributed by atoms with Gasteiger partial charge in [-0.3, -0.25) is 33.3 Å². The van der Waals surface area contributed by atoms with Gasteiger partial charge in [0, 0.05) is 26.4 Å². The van der Waals surface area contributed by atoms with Gasteiger partial charge in [-0.15, -0.1) is 0 Å². The molecule has 115 heavy (non-hydrogen) atoms. The Hall–Kier alpha value is -3.35. The van der Waals surface area contributed by atoms with Gasteiger partial charge in [-0.1, -0.05) is 350 Å². The topological polar surface area (TPSA) is 328 Å². The van der Waals surface area contributed by atoms with Crippen LogP contribution in [0.4, 0.5) is 0 Å². The molecule has 23 nitrogen and oxygen atoms in total. The van der Waals surface area contributed by atoms with Crippen LogP contribution < -0.4 is 10.6 Å². The third-order valence-corrected chi connectivity index (χ3v) is 23.3. The molecule has 2 fully saturated rings. The molecule has 2 aliphatic heterocycles. The zero-order chi connectivity index (χ0) is 84.2. The summed E-state index contributed by atoms with van der Waals surface area (Å²) >= 11 is 0. The Balaban J connectivity index is 2.62. The summed E-state index contributed by atoms with van der Waals surface area (Å²) in [5.41, 5.74) is 0. The fraction of sp³-hybridized carbons (Fsp3) is 0.934. The van der Waals surface area contributed by atoms with Crippen molar-refractivity contribution < 1.29 is 101 Å². The molecule has 0 radical (unpaired) electrons. The number of esters is 4. The van der Waals surface area contributed by atoms with Gasteiger partial charge in [-0.2, -0.15) is 0 Å². The van der Waals surface area contributed by atoms with Crippen LogP contribution in [0.1, 0.15) is 446 Å². The van der Waals surface area contributed by atoms with Crippen molar-refractivity contribution in [1.82, 2.24) is 10.6 Å². The number of hydrogen-bond donors (Lipinski definition) is 7. The SMILES string of the molecule is CCCCCCCCCCCC(=O)O[C@H](CCCCCCCCCCC)CC(=O)N[C@H]1[C@@H](OC)O[C@H](CO[C@@H]2O[C@H](CO)[C@@H](OP(=O)(O)O)[C@H](OC(=O)C[C@@H](CCCCCCCCCCC)OC(=O)CCCCCCCCCCC)[C@H]2NC(=O)C[C@@H](CCCCCCCCCCC)OC(=O)CCCCCCCCCCC)[C@@H](O)[C@@H]1O. The zero-order valence-electron chi connectivity index (χ0n) is 73.7. The molecule has 7 N–H and O–H groups in total. The number of aliphatic hydroxyl groups excluding tert-OH is 3. The van der Waals surface area contributed by atoms with E-state index in [4.69, 9.17) is 42.4 Å². The largest absolute Gasteiger partial charge is 0.470 e. The summed E-state index contributed by atoms with van der Waals surface area (Å²) < 4.78 is 67.7. The molecule has 13 atom stereocenters. The van der Waals surface area contributed by atoms with Gasteiger partial charge >= 0.3 is 31.7 Å². The van der Waals surface area contributed by atoms with Crippen molar-refractivity contribution in [2.24, 2.45) is 0 Å². The lowest BCUT2D eigenvalue weighted by molar-refractivity contribution is -0.300. The normalized spacial score (nSPS) is 20.5. The van der Waals surface area contributed by atoms with E-state index < -0.39 is 143 Å². The van der Waals surface area contributed by atoms with Crippen LogP contribution in [0.2, 0.25) is 0 Å². The minimum absolute atomic E-state index is 0.131. The molecule has 2 amide bonds. The molecule has 0 aromatic carbocycles. The molecule has 2 heterocycles. The first-order chi connectivity index (χ1) is 55.8. The van der Waals surface area contributed by atoms with E-state index in [1.54, 1.807) is 0 Å². The molecule has 0 bridgehead atoms. The molecule has 2 rings (SSSR count). The van der Waals surface area contributed by atoms with Gasteiger partial charge in [-0.05, 0) is 57.8 Å². The van der Waals surface area contributed by atoms with E-state index in [0.29, 0.717) is 51.4 Å². The lowest BCUT2D eigenvalue weighted by atomic mass is 9.95. The smallest absolute Gasteiger partial charge is 0.462 e. The Kier molecular flexibility index (Phi) is 67.7. The highest BCUT2D eigenvalue weighted by Crippen LogP contribution is 2.43. The van der Waals surface area contributed by atoms with E-state index in [1.165, 1.54) is 142 Å². The van der Waals surface area contributed by atoms with E-state index in [1.807, 2.05) is 0 Å². The fourth-order valence-electron chi connectivity index (χ4n) is 15.8. The maximum Gasteiger partial charge on any atom is 0.470 e. The first-order valence-corrected chi connectivity index (χ1v) is 48.8. The summed E-state index contributed by atoms with van der Waals surface area (Å²) in [4.78, 5) is 106. The number of nitrogens with one attached hydrogen (secondary N) is 2. The second-order valence-corrected chi connectivity index (χ2v) is 34.7. The molecule has 2 aliphatic rings. The average molecular weight is 1660 g/mol. The zero-order valence-corrected chi connectivity index (χ0v) is 74.6.